The van der Waals surface area contributed by atoms with Gasteiger partial charge in [0.05, 0.1) is 21.7 Å². The first kappa shape index (κ1) is 12.7. The molecule has 1 heterocycles. The lowest BCUT2D eigenvalue weighted by Crippen LogP contribution is -2.10. The van der Waals surface area contributed by atoms with E-state index < -0.39 is 15.8 Å². The van der Waals surface area contributed by atoms with Crippen molar-refractivity contribution >= 4 is 27.1 Å². The standard InChI is InChI=1S/C11H9NO4S2/c13-11(14)9-3-1-2-4-10(9)18(15,16)6-8-5-12-7-17-8/h1-5,7H,6H2,(H,13,14). The predicted molar refractivity (Wildman–Crippen MR) is 66.4 cm³/mol. The Morgan fingerprint density at radius 3 is 2.67 bits per heavy atom. The molecule has 7 heteroatoms. The van der Waals surface area contributed by atoms with Gasteiger partial charge in [-0.25, -0.2) is 13.2 Å². The van der Waals surface area contributed by atoms with Gasteiger partial charge >= 0.3 is 5.97 Å². The third kappa shape index (κ3) is 2.57. The molecule has 1 aromatic carbocycles. The fourth-order valence-corrected chi connectivity index (χ4v) is 3.99. The second-order valence-electron chi connectivity index (χ2n) is 3.53. The quantitative estimate of drug-likeness (QED) is 0.925. The molecule has 0 saturated heterocycles. The summed E-state index contributed by atoms with van der Waals surface area (Å²) in [4.78, 5) is 15.2. The summed E-state index contributed by atoms with van der Waals surface area (Å²) in [5.41, 5.74) is 1.33. The van der Waals surface area contributed by atoms with Crippen LogP contribution in [0.4, 0.5) is 0 Å². The zero-order chi connectivity index (χ0) is 13.2. The molecule has 18 heavy (non-hydrogen) atoms. The molecule has 1 N–H and O–H groups in total. The van der Waals surface area contributed by atoms with E-state index in [1.54, 1.807) is 0 Å². The van der Waals surface area contributed by atoms with Crippen LogP contribution in [-0.2, 0) is 15.6 Å². The number of benzene rings is 1. The minimum absolute atomic E-state index is 0.161. The van der Waals surface area contributed by atoms with E-state index in [0.29, 0.717) is 4.88 Å². The van der Waals surface area contributed by atoms with E-state index in [9.17, 15) is 13.2 Å². The molecule has 0 aliphatic carbocycles. The summed E-state index contributed by atoms with van der Waals surface area (Å²) in [7, 11) is -3.67. The van der Waals surface area contributed by atoms with E-state index in [2.05, 4.69) is 4.98 Å². The van der Waals surface area contributed by atoms with E-state index in [4.69, 9.17) is 5.11 Å². The molecule has 0 fully saturated rings. The predicted octanol–water partition coefficient (Wildman–Crippen LogP) is 1.82. The molecule has 1 aromatic heterocycles. The number of carbonyl (C=O) groups is 1. The van der Waals surface area contributed by atoms with Crippen LogP contribution in [0.2, 0.25) is 0 Å². The number of hydrogen-bond acceptors (Lipinski definition) is 5. The summed E-state index contributed by atoms with van der Waals surface area (Å²) in [6.07, 6.45) is 1.46. The first-order valence-electron chi connectivity index (χ1n) is 4.93. The Hall–Kier alpha value is -1.73. The first-order valence-corrected chi connectivity index (χ1v) is 7.46. The maximum Gasteiger partial charge on any atom is 0.337 e. The second-order valence-corrected chi connectivity index (χ2v) is 6.46. The van der Waals surface area contributed by atoms with Gasteiger partial charge in [-0.2, -0.15) is 0 Å². The molecule has 2 aromatic rings. The Morgan fingerprint density at radius 1 is 1.33 bits per heavy atom. The summed E-state index contributed by atoms with van der Waals surface area (Å²) in [6, 6.07) is 5.59. The van der Waals surface area contributed by atoms with Crippen LogP contribution in [-0.4, -0.2) is 24.5 Å². The Labute approximate surface area is 108 Å². The Bertz CT molecular complexity index is 662. The first-order chi connectivity index (χ1) is 8.50. The Kier molecular flexibility index (Phi) is 3.44. The molecule has 0 aliphatic heterocycles. The maximum absolute atomic E-state index is 12.1. The van der Waals surface area contributed by atoms with Crippen molar-refractivity contribution in [3.05, 3.63) is 46.4 Å². The minimum atomic E-state index is -3.67. The highest BCUT2D eigenvalue weighted by Gasteiger charge is 2.22. The van der Waals surface area contributed by atoms with Gasteiger partial charge in [0.15, 0.2) is 9.84 Å². The number of thiazole rings is 1. The zero-order valence-corrected chi connectivity index (χ0v) is 10.7. The molecule has 0 aliphatic rings. The van der Waals surface area contributed by atoms with Gasteiger partial charge in [0.1, 0.15) is 0 Å². The minimum Gasteiger partial charge on any atom is -0.478 e. The number of aromatic nitrogens is 1. The number of hydrogen-bond donors (Lipinski definition) is 1. The molecule has 0 saturated carbocycles. The smallest absolute Gasteiger partial charge is 0.337 e. The van der Waals surface area contributed by atoms with E-state index in [1.807, 2.05) is 0 Å². The molecular formula is C11H9NO4S2. The fourth-order valence-electron chi connectivity index (χ4n) is 1.49. The van der Waals surface area contributed by atoms with Gasteiger partial charge in [-0.05, 0) is 12.1 Å². The van der Waals surface area contributed by atoms with Crippen LogP contribution >= 0.6 is 11.3 Å². The van der Waals surface area contributed by atoms with Crippen LogP contribution in [0.5, 0.6) is 0 Å². The van der Waals surface area contributed by atoms with Crippen LogP contribution in [0.1, 0.15) is 15.2 Å². The number of sulfone groups is 1. The Balaban J connectivity index is 2.45. The molecule has 0 atom stereocenters. The van der Waals surface area contributed by atoms with Crippen molar-refractivity contribution in [2.45, 2.75) is 10.6 Å². The van der Waals surface area contributed by atoms with Gasteiger partial charge in [0.2, 0.25) is 0 Å². The third-order valence-corrected chi connectivity index (χ3v) is 4.95. The van der Waals surface area contributed by atoms with Crippen LogP contribution in [0.3, 0.4) is 0 Å². The van der Waals surface area contributed by atoms with Crippen molar-refractivity contribution in [3.63, 3.8) is 0 Å². The van der Waals surface area contributed by atoms with Crippen molar-refractivity contribution in [1.82, 2.24) is 4.98 Å². The lowest BCUT2D eigenvalue weighted by Gasteiger charge is -2.06. The van der Waals surface area contributed by atoms with Crippen molar-refractivity contribution in [2.24, 2.45) is 0 Å². The Morgan fingerprint density at radius 2 is 2.06 bits per heavy atom. The summed E-state index contributed by atoms with van der Waals surface area (Å²) < 4.78 is 24.3. The summed E-state index contributed by atoms with van der Waals surface area (Å²) in [5, 5.41) is 8.98. The second kappa shape index (κ2) is 4.87. The average Bonchev–Trinajstić information content (AvgIpc) is 2.81. The fraction of sp³-hybridized carbons (Fsp3) is 0.0909. The van der Waals surface area contributed by atoms with Crippen molar-refractivity contribution < 1.29 is 18.3 Å². The van der Waals surface area contributed by atoms with Crippen LogP contribution < -0.4 is 0 Å². The number of rotatable bonds is 4. The molecule has 0 spiro atoms. The normalized spacial score (nSPS) is 11.3. The average molecular weight is 283 g/mol. The highest BCUT2D eigenvalue weighted by molar-refractivity contribution is 7.90. The maximum atomic E-state index is 12.1. The molecular weight excluding hydrogens is 274 g/mol. The summed E-state index contributed by atoms with van der Waals surface area (Å²) >= 11 is 1.22. The highest BCUT2D eigenvalue weighted by Crippen LogP contribution is 2.21. The number of carboxylic acid groups (broad SMARTS) is 1. The molecule has 0 amide bonds. The van der Waals surface area contributed by atoms with Crippen molar-refractivity contribution in [2.75, 3.05) is 0 Å². The summed E-state index contributed by atoms with van der Waals surface area (Å²) in [6.45, 7) is 0. The monoisotopic (exact) mass is 283 g/mol. The number of aromatic carboxylic acids is 1. The van der Waals surface area contributed by atoms with Gasteiger partial charge < -0.3 is 5.11 Å². The van der Waals surface area contributed by atoms with Crippen molar-refractivity contribution in [1.29, 1.82) is 0 Å². The topological polar surface area (TPSA) is 84.3 Å². The number of nitrogens with zero attached hydrogens (tertiary/aromatic N) is 1. The zero-order valence-electron chi connectivity index (χ0n) is 9.11. The van der Waals surface area contributed by atoms with Crippen molar-refractivity contribution in [3.8, 4) is 0 Å². The van der Waals surface area contributed by atoms with E-state index >= 15 is 0 Å². The molecule has 0 unspecified atom stereocenters. The van der Waals surface area contributed by atoms with Crippen LogP contribution in [0.25, 0.3) is 0 Å². The van der Waals surface area contributed by atoms with Gasteiger partial charge in [0.25, 0.3) is 0 Å². The van der Waals surface area contributed by atoms with Gasteiger partial charge in [-0.1, -0.05) is 12.1 Å². The lowest BCUT2D eigenvalue weighted by atomic mass is 10.2. The summed E-state index contributed by atoms with van der Waals surface area (Å²) in [5.74, 6) is -1.49. The third-order valence-electron chi connectivity index (χ3n) is 2.27. The van der Waals surface area contributed by atoms with E-state index in [0.717, 1.165) is 0 Å². The molecule has 94 valence electrons. The van der Waals surface area contributed by atoms with Gasteiger partial charge in [-0.15, -0.1) is 11.3 Å². The van der Waals surface area contributed by atoms with Gasteiger partial charge in [0, 0.05) is 11.1 Å². The SMILES string of the molecule is O=C(O)c1ccccc1S(=O)(=O)Cc1cncs1. The van der Waals surface area contributed by atoms with Gasteiger partial charge in [-0.3, -0.25) is 4.98 Å². The molecule has 0 radical (unpaired) electrons. The molecule has 5 nitrogen and oxygen atoms in total. The van der Waals surface area contributed by atoms with Crippen LogP contribution in [0, 0.1) is 0 Å². The largest absolute Gasteiger partial charge is 0.478 e. The highest BCUT2D eigenvalue weighted by atomic mass is 32.2. The van der Waals surface area contributed by atoms with Crippen LogP contribution in [0.15, 0.2) is 40.9 Å². The molecule has 0 bridgehead atoms. The number of carboxylic acids is 1. The van der Waals surface area contributed by atoms with E-state index in [1.165, 1.54) is 47.3 Å². The molecule has 2 rings (SSSR count). The lowest BCUT2D eigenvalue weighted by molar-refractivity contribution is 0.0692. The van der Waals surface area contributed by atoms with E-state index in [-0.39, 0.29) is 16.2 Å².